The molecular formula is C12H18N2O. The van der Waals surface area contributed by atoms with Gasteiger partial charge >= 0.3 is 0 Å². The van der Waals surface area contributed by atoms with Crippen molar-refractivity contribution in [3.63, 3.8) is 0 Å². The number of nitrogens with zero attached hydrogens (tertiary/aromatic N) is 1. The molecule has 2 N–H and O–H groups in total. The lowest BCUT2D eigenvalue weighted by molar-refractivity contribution is 0.303. The van der Waals surface area contributed by atoms with Gasteiger partial charge in [0.1, 0.15) is 0 Å². The van der Waals surface area contributed by atoms with E-state index in [2.05, 4.69) is 25.8 Å². The topological polar surface area (TPSA) is 48.1 Å². The summed E-state index contributed by atoms with van der Waals surface area (Å²) in [5.74, 6) is 1.24. The standard InChI is InChI=1S/C12H18N2O/c1-12(2,3)10-7-6-9(11(13)14-10)15-8-4-5-8/h6-8H,4-5H2,1-3H3,(H2,13,14). The Bertz CT molecular complexity index is 364. The first-order chi connectivity index (χ1) is 6.97. The molecule has 3 heteroatoms. The van der Waals surface area contributed by atoms with Crippen LogP contribution in [0.5, 0.6) is 5.75 Å². The second-order valence-corrected chi connectivity index (χ2v) is 5.15. The Labute approximate surface area is 90.7 Å². The van der Waals surface area contributed by atoms with Crippen molar-refractivity contribution in [2.45, 2.75) is 45.1 Å². The number of anilines is 1. The van der Waals surface area contributed by atoms with Crippen LogP contribution in [0.15, 0.2) is 12.1 Å². The third kappa shape index (κ3) is 2.41. The summed E-state index contributed by atoms with van der Waals surface area (Å²) in [5.41, 5.74) is 6.89. The maximum absolute atomic E-state index is 5.86. The van der Waals surface area contributed by atoms with Gasteiger partial charge in [0.05, 0.1) is 6.10 Å². The molecule has 0 amide bonds. The van der Waals surface area contributed by atoms with Crippen molar-refractivity contribution in [3.05, 3.63) is 17.8 Å². The van der Waals surface area contributed by atoms with E-state index in [-0.39, 0.29) is 5.41 Å². The molecule has 82 valence electrons. The lowest BCUT2D eigenvalue weighted by Gasteiger charge is -2.18. The minimum absolute atomic E-state index is 0.0340. The van der Waals surface area contributed by atoms with Crippen LogP contribution in [-0.2, 0) is 5.41 Å². The van der Waals surface area contributed by atoms with Gasteiger partial charge in [-0.3, -0.25) is 0 Å². The molecule has 1 fully saturated rings. The zero-order valence-corrected chi connectivity index (χ0v) is 9.58. The van der Waals surface area contributed by atoms with Crippen molar-refractivity contribution in [2.24, 2.45) is 0 Å². The second-order valence-electron chi connectivity index (χ2n) is 5.15. The van der Waals surface area contributed by atoms with Crippen LogP contribution in [0.3, 0.4) is 0 Å². The number of hydrogen-bond acceptors (Lipinski definition) is 3. The van der Waals surface area contributed by atoms with Crippen LogP contribution >= 0.6 is 0 Å². The summed E-state index contributed by atoms with van der Waals surface area (Å²) in [4.78, 5) is 4.38. The van der Waals surface area contributed by atoms with Crippen LogP contribution in [-0.4, -0.2) is 11.1 Å². The Morgan fingerprint density at radius 2 is 2.00 bits per heavy atom. The number of pyridine rings is 1. The van der Waals surface area contributed by atoms with E-state index in [1.165, 1.54) is 0 Å². The average Bonchev–Trinajstić information content (AvgIpc) is 2.90. The number of nitrogen functional groups attached to an aromatic ring is 1. The first-order valence-corrected chi connectivity index (χ1v) is 5.40. The first-order valence-electron chi connectivity index (χ1n) is 5.40. The Kier molecular flexibility index (Phi) is 2.33. The molecule has 1 aromatic rings. The van der Waals surface area contributed by atoms with Crippen molar-refractivity contribution in [1.29, 1.82) is 0 Å². The van der Waals surface area contributed by atoms with Crippen LogP contribution < -0.4 is 10.5 Å². The summed E-state index contributed by atoms with van der Waals surface area (Å²) in [6.07, 6.45) is 2.65. The summed E-state index contributed by atoms with van der Waals surface area (Å²) in [6.45, 7) is 6.36. The van der Waals surface area contributed by atoms with Crippen LogP contribution in [0.2, 0.25) is 0 Å². The van der Waals surface area contributed by atoms with Gasteiger partial charge in [-0.25, -0.2) is 4.98 Å². The normalized spacial score (nSPS) is 16.5. The summed E-state index contributed by atoms with van der Waals surface area (Å²) in [7, 11) is 0. The Morgan fingerprint density at radius 1 is 1.33 bits per heavy atom. The van der Waals surface area contributed by atoms with Crippen molar-refractivity contribution in [2.75, 3.05) is 5.73 Å². The molecule has 1 aromatic heterocycles. The fourth-order valence-electron chi connectivity index (χ4n) is 1.34. The Morgan fingerprint density at radius 3 is 2.47 bits per heavy atom. The minimum Gasteiger partial charge on any atom is -0.487 e. The van der Waals surface area contributed by atoms with E-state index in [1.807, 2.05) is 12.1 Å². The van der Waals surface area contributed by atoms with E-state index in [0.717, 1.165) is 24.3 Å². The molecule has 15 heavy (non-hydrogen) atoms. The quantitative estimate of drug-likeness (QED) is 0.808. The Hall–Kier alpha value is -1.25. The van der Waals surface area contributed by atoms with E-state index in [9.17, 15) is 0 Å². The maximum atomic E-state index is 5.86. The van der Waals surface area contributed by atoms with Crippen molar-refractivity contribution in [3.8, 4) is 5.75 Å². The molecule has 0 aliphatic heterocycles. The van der Waals surface area contributed by atoms with Gasteiger partial charge < -0.3 is 10.5 Å². The van der Waals surface area contributed by atoms with Crippen LogP contribution in [0, 0.1) is 0 Å². The summed E-state index contributed by atoms with van der Waals surface area (Å²) >= 11 is 0. The smallest absolute Gasteiger partial charge is 0.166 e. The highest BCUT2D eigenvalue weighted by molar-refractivity contribution is 5.47. The van der Waals surface area contributed by atoms with Gasteiger partial charge in [0.15, 0.2) is 11.6 Å². The highest BCUT2D eigenvalue weighted by Crippen LogP contribution is 2.31. The minimum atomic E-state index is 0.0340. The highest BCUT2D eigenvalue weighted by Gasteiger charge is 2.25. The molecule has 1 saturated carbocycles. The van der Waals surface area contributed by atoms with Gasteiger partial charge in [0, 0.05) is 11.1 Å². The van der Waals surface area contributed by atoms with Crippen LogP contribution in [0.1, 0.15) is 39.3 Å². The van der Waals surface area contributed by atoms with Gasteiger partial charge in [-0.1, -0.05) is 20.8 Å². The molecular weight excluding hydrogens is 188 g/mol. The van der Waals surface area contributed by atoms with Crippen molar-refractivity contribution >= 4 is 5.82 Å². The van der Waals surface area contributed by atoms with E-state index < -0.39 is 0 Å². The third-order valence-corrected chi connectivity index (χ3v) is 2.47. The highest BCUT2D eigenvalue weighted by atomic mass is 16.5. The molecule has 0 saturated heterocycles. The molecule has 1 aliphatic rings. The molecule has 0 unspecified atom stereocenters. The molecule has 0 spiro atoms. The molecule has 2 rings (SSSR count). The summed E-state index contributed by atoms with van der Waals surface area (Å²) in [5, 5.41) is 0. The molecule has 3 nitrogen and oxygen atoms in total. The number of rotatable bonds is 2. The zero-order valence-electron chi connectivity index (χ0n) is 9.58. The molecule has 0 bridgehead atoms. The van der Waals surface area contributed by atoms with Gasteiger partial charge in [-0.05, 0) is 25.0 Å². The van der Waals surface area contributed by atoms with Crippen molar-refractivity contribution < 1.29 is 4.74 Å². The third-order valence-electron chi connectivity index (χ3n) is 2.47. The average molecular weight is 206 g/mol. The van der Waals surface area contributed by atoms with E-state index >= 15 is 0 Å². The zero-order chi connectivity index (χ0) is 11.1. The SMILES string of the molecule is CC(C)(C)c1ccc(OC2CC2)c(N)n1. The molecule has 1 aliphatic carbocycles. The summed E-state index contributed by atoms with van der Waals surface area (Å²) in [6, 6.07) is 3.93. The summed E-state index contributed by atoms with van der Waals surface area (Å²) < 4.78 is 5.64. The Balaban J connectivity index is 2.21. The van der Waals surface area contributed by atoms with E-state index in [0.29, 0.717) is 11.9 Å². The fourth-order valence-corrected chi connectivity index (χ4v) is 1.34. The lowest BCUT2D eigenvalue weighted by Crippen LogP contribution is -2.15. The fraction of sp³-hybridized carbons (Fsp3) is 0.583. The number of ether oxygens (including phenoxy) is 1. The molecule has 1 heterocycles. The first kappa shape index (κ1) is 10.3. The monoisotopic (exact) mass is 206 g/mol. The van der Waals surface area contributed by atoms with Gasteiger partial charge in [0.25, 0.3) is 0 Å². The predicted molar refractivity (Wildman–Crippen MR) is 61.0 cm³/mol. The van der Waals surface area contributed by atoms with E-state index in [4.69, 9.17) is 10.5 Å². The second kappa shape index (κ2) is 3.40. The molecule has 0 aromatic carbocycles. The number of hydrogen-bond donors (Lipinski definition) is 1. The molecule has 0 atom stereocenters. The van der Waals surface area contributed by atoms with Gasteiger partial charge in [-0.15, -0.1) is 0 Å². The largest absolute Gasteiger partial charge is 0.487 e. The maximum Gasteiger partial charge on any atom is 0.166 e. The van der Waals surface area contributed by atoms with Crippen LogP contribution in [0.4, 0.5) is 5.82 Å². The van der Waals surface area contributed by atoms with Gasteiger partial charge in [0.2, 0.25) is 0 Å². The van der Waals surface area contributed by atoms with Gasteiger partial charge in [-0.2, -0.15) is 0 Å². The van der Waals surface area contributed by atoms with Crippen molar-refractivity contribution in [1.82, 2.24) is 4.98 Å². The predicted octanol–water partition coefficient (Wildman–Crippen LogP) is 2.50. The number of nitrogens with two attached hydrogens (primary N) is 1. The van der Waals surface area contributed by atoms with Crippen LogP contribution in [0.25, 0.3) is 0 Å². The van der Waals surface area contributed by atoms with E-state index in [1.54, 1.807) is 0 Å². The lowest BCUT2D eigenvalue weighted by atomic mass is 9.92. The molecule has 0 radical (unpaired) electrons. The number of aromatic nitrogens is 1.